The van der Waals surface area contributed by atoms with Gasteiger partial charge in [0.2, 0.25) is 5.91 Å². The van der Waals surface area contributed by atoms with Crippen LogP contribution < -0.4 is 9.62 Å². The Morgan fingerprint density at radius 2 is 1.83 bits per heavy atom. The Hall–Kier alpha value is -2.75. The Balaban J connectivity index is 1.42. The molecule has 10 heteroatoms. The van der Waals surface area contributed by atoms with Crippen molar-refractivity contribution in [2.45, 2.75) is 24.2 Å². The fourth-order valence-corrected chi connectivity index (χ4v) is 4.44. The van der Waals surface area contributed by atoms with Crippen LogP contribution in [0.3, 0.4) is 0 Å². The Morgan fingerprint density at radius 3 is 2.50 bits per heavy atom. The number of nitrogens with zero attached hydrogens (tertiary/aromatic N) is 3. The molecule has 2 fully saturated rings. The van der Waals surface area contributed by atoms with Crippen molar-refractivity contribution in [1.29, 1.82) is 0 Å². The minimum absolute atomic E-state index is 0.0779. The van der Waals surface area contributed by atoms with Crippen LogP contribution in [0, 0.1) is 17.6 Å². The lowest BCUT2D eigenvalue weighted by Crippen LogP contribution is -2.36. The number of carbonyl (C=O) groups is 1. The summed E-state index contributed by atoms with van der Waals surface area (Å²) in [5.74, 6) is -1.14. The lowest BCUT2D eigenvalue weighted by molar-refractivity contribution is -0.132. The van der Waals surface area contributed by atoms with Gasteiger partial charge in [-0.15, -0.1) is 0 Å². The van der Waals surface area contributed by atoms with Crippen molar-refractivity contribution in [2.24, 2.45) is 5.92 Å². The largest absolute Gasteiger partial charge is 0.355 e. The number of hydrogen-bond acceptors (Lipinski definition) is 5. The van der Waals surface area contributed by atoms with Gasteiger partial charge >= 0.3 is 0 Å². The van der Waals surface area contributed by atoms with Gasteiger partial charge in [0.15, 0.2) is 11.6 Å². The van der Waals surface area contributed by atoms with Crippen molar-refractivity contribution in [2.75, 3.05) is 35.8 Å². The summed E-state index contributed by atoms with van der Waals surface area (Å²) >= 11 is 0. The van der Waals surface area contributed by atoms with E-state index in [1.54, 1.807) is 6.07 Å². The Bertz CT molecular complexity index is 1040. The van der Waals surface area contributed by atoms with Gasteiger partial charge in [-0.2, -0.15) is 0 Å². The first kappa shape index (κ1) is 20.5. The summed E-state index contributed by atoms with van der Waals surface area (Å²) in [6.45, 7) is 2.69. The van der Waals surface area contributed by atoms with Crippen LogP contribution in [0.1, 0.15) is 19.3 Å². The molecule has 2 heterocycles. The van der Waals surface area contributed by atoms with Gasteiger partial charge in [0.1, 0.15) is 10.7 Å². The zero-order valence-corrected chi connectivity index (χ0v) is 17.0. The first-order valence-corrected chi connectivity index (χ1v) is 11.3. The molecular weight excluding hydrogens is 414 g/mol. The van der Waals surface area contributed by atoms with Crippen LogP contribution in [0.5, 0.6) is 0 Å². The number of rotatable bonds is 5. The van der Waals surface area contributed by atoms with Crippen LogP contribution in [0.15, 0.2) is 41.4 Å². The second-order valence-corrected chi connectivity index (χ2v) is 9.21. The van der Waals surface area contributed by atoms with Crippen LogP contribution in [0.2, 0.25) is 0 Å². The van der Waals surface area contributed by atoms with Gasteiger partial charge in [0.05, 0.1) is 5.69 Å². The molecule has 0 atom stereocenters. The second kappa shape index (κ2) is 8.17. The van der Waals surface area contributed by atoms with Crippen LogP contribution >= 0.6 is 0 Å². The number of benzene rings is 1. The predicted molar refractivity (Wildman–Crippen MR) is 108 cm³/mol. The molecule has 1 amide bonds. The number of amides is 1. The Morgan fingerprint density at radius 1 is 1.03 bits per heavy atom. The molecule has 2 aliphatic rings. The van der Waals surface area contributed by atoms with E-state index >= 15 is 0 Å². The third kappa shape index (κ3) is 4.53. The molecule has 1 aromatic carbocycles. The van der Waals surface area contributed by atoms with E-state index in [1.807, 2.05) is 9.80 Å². The summed E-state index contributed by atoms with van der Waals surface area (Å²) < 4.78 is 53.6. The van der Waals surface area contributed by atoms with E-state index in [2.05, 4.69) is 9.71 Å². The predicted octanol–water partition coefficient (Wildman–Crippen LogP) is 2.61. The molecule has 0 bridgehead atoms. The van der Waals surface area contributed by atoms with Gasteiger partial charge < -0.3 is 9.80 Å². The first-order chi connectivity index (χ1) is 14.3. The smallest absolute Gasteiger partial charge is 0.263 e. The molecule has 1 aliphatic carbocycles. The maximum absolute atomic E-state index is 13.3. The standard InChI is InChI=1S/C20H22F2N4O3S/c21-17-6-4-15(12-18(17)22)24-30(28,29)16-5-7-19(23-13-16)25-8-1-9-26(11-10-25)20(27)14-2-3-14/h4-7,12-14,24H,1-3,8-11H2. The maximum Gasteiger partial charge on any atom is 0.263 e. The molecule has 160 valence electrons. The maximum atomic E-state index is 13.3. The molecule has 0 spiro atoms. The van der Waals surface area contributed by atoms with E-state index in [9.17, 15) is 22.0 Å². The van der Waals surface area contributed by atoms with Gasteiger partial charge in [0.25, 0.3) is 10.0 Å². The first-order valence-electron chi connectivity index (χ1n) is 9.81. The van der Waals surface area contributed by atoms with Gasteiger partial charge in [-0.25, -0.2) is 22.2 Å². The normalized spacial score (nSPS) is 17.5. The Kier molecular flexibility index (Phi) is 5.59. The quantitative estimate of drug-likeness (QED) is 0.779. The van der Waals surface area contributed by atoms with E-state index in [0.29, 0.717) is 18.9 Å². The topological polar surface area (TPSA) is 82.6 Å². The minimum Gasteiger partial charge on any atom is -0.355 e. The van der Waals surface area contributed by atoms with Gasteiger partial charge in [-0.1, -0.05) is 0 Å². The number of aromatic nitrogens is 1. The number of anilines is 2. The number of nitrogens with one attached hydrogen (secondary N) is 1. The third-order valence-electron chi connectivity index (χ3n) is 5.26. The number of halogens is 2. The molecule has 1 saturated heterocycles. The van der Waals surface area contributed by atoms with Gasteiger partial charge in [-0.3, -0.25) is 9.52 Å². The third-order valence-corrected chi connectivity index (χ3v) is 6.63. The molecule has 1 aliphatic heterocycles. The molecule has 0 radical (unpaired) electrons. The molecule has 1 N–H and O–H groups in total. The highest BCUT2D eigenvalue weighted by atomic mass is 32.2. The molecule has 0 unspecified atom stereocenters. The Labute approximate surface area is 173 Å². The second-order valence-electron chi connectivity index (χ2n) is 7.53. The van der Waals surface area contributed by atoms with Crippen molar-refractivity contribution >= 4 is 27.4 Å². The number of carbonyl (C=O) groups excluding carboxylic acids is 1. The van der Waals surface area contributed by atoms with Crippen molar-refractivity contribution in [3.8, 4) is 0 Å². The van der Waals surface area contributed by atoms with E-state index < -0.39 is 21.7 Å². The molecular formula is C20H22F2N4O3S. The van der Waals surface area contributed by atoms with Gasteiger partial charge in [0, 0.05) is 44.4 Å². The fourth-order valence-electron chi connectivity index (χ4n) is 3.45. The lowest BCUT2D eigenvalue weighted by atomic mass is 10.3. The number of pyridine rings is 1. The van der Waals surface area contributed by atoms with Crippen molar-refractivity contribution in [3.63, 3.8) is 0 Å². The summed E-state index contributed by atoms with van der Waals surface area (Å²) in [7, 11) is -3.99. The SMILES string of the molecule is O=C(C1CC1)N1CCCN(c2ccc(S(=O)(=O)Nc3ccc(F)c(F)c3)cn2)CC1. The van der Waals surface area contributed by atoms with Crippen LogP contribution in [-0.4, -0.2) is 50.4 Å². The minimum atomic E-state index is -3.99. The van der Waals surface area contributed by atoms with Gasteiger partial charge in [-0.05, 0) is 43.5 Å². The highest BCUT2D eigenvalue weighted by Gasteiger charge is 2.34. The zero-order chi connectivity index (χ0) is 21.3. The highest BCUT2D eigenvalue weighted by Crippen LogP contribution is 2.31. The monoisotopic (exact) mass is 436 g/mol. The van der Waals surface area contributed by atoms with Crippen molar-refractivity contribution < 1.29 is 22.0 Å². The fraction of sp³-hybridized carbons (Fsp3) is 0.400. The van der Waals surface area contributed by atoms with E-state index in [1.165, 1.54) is 12.3 Å². The van der Waals surface area contributed by atoms with Crippen LogP contribution in [0.25, 0.3) is 0 Å². The van der Waals surface area contributed by atoms with E-state index in [-0.39, 0.29) is 22.4 Å². The van der Waals surface area contributed by atoms with Crippen LogP contribution in [-0.2, 0) is 14.8 Å². The molecule has 2 aromatic rings. The van der Waals surface area contributed by atoms with Crippen LogP contribution in [0.4, 0.5) is 20.3 Å². The van der Waals surface area contributed by atoms with Crippen molar-refractivity contribution in [1.82, 2.24) is 9.88 Å². The molecule has 1 saturated carbocycles. The summed E-state index contributed by atoms with van der Waals surface area (Å²) in [5.41, 5.74) is -0.0779. The van der Waals surface area contributed by atoms with E-state index in [0.717, 1.165) is 50.6 Å². The molecule has 1 aromatic heterocycles. The molecule has 7 nitrogen and oxygen atoms in total. The lowest BCUT2D eigenvalue weighted by Gasteiger charge is -2.23. The summed E-state index contributed by atoms with van der Waals surface area (Å²) in [6, 6.07) is 5.80. The number of sulfonamides is 1. The molecule has 30 heavy (non-hydrogen) atoms. The van der Waals surface area contributed by atoms with E-state index in [4.69, 9.17) is 0 Å². The summed E-state index contributed by atoms with van der Waals surface area (Å²) in [4.78, 5) is 20.4. The average Bonchev–Trinajstić information content (AvgIpc) is 3.57. The number of hydrogen-bond donors (Lipinski definition) is 1. The average molecular weight is 436 g/mol. The summed E-state index contributed by atoms with van der Waals surface area (Å²) in [5, 5.41) is 0. The molecule has 4 rings (SSSR count). The zero-order valence-electron chi connectivity index (χ0n) is 16.2. The summed E-state index contributed by atoms with van der Waals surface area (Å²) in [6.07, 6.45) is 4.01. The van der Waals surface area contributed by atoms with Crippen molar-refractivity contribution in [3.05, 3.63) is 48.2 Å². The highest BCUT2D eigenvalue weighted by molar-refractivity contribution is 7.92.